The number of anilines is 2. The summed E-state index contributed by atoms with van der Waals surface area (Å²) in [4.78, 5) is 56.3. The Hall–Kier alpha value is -4.46. The number of hydrogen-bond acceptors (Lipinski definition) is 6. The number of imide groups is 2. The third kappa shape index (κ3) is 4.02. The lowest BCUT2D eigenvalue weighted by molar-refractivity contribution is -0.125. The normalized spacial score (nSPS) is 20.9. The Kier molecular flexibility index (Phi) is 6.06. The maximum absolute atomic E-state index is 14.5. The Morgan fingerprint density at radius 1 is 0.921 bits per heavy atom. The molecule has 2 heterocycles. The molecule has 3 aromatic carbocycles. The fourth-order valence-electron chi connectivity index (χ4n) is 5.18. The number of fused-ring (bicyclic) bond motifs is 1. The summed E-state index contributed by atoms with van der Waals surface area (Å²) in [6.45, 7) is 6.98. The van der Waals surface area contributed by atoms with Gasteiger partial charge in [-0.25, -0.2) is 19.4 Å². The average Bonchev–Trinajstić information content (AvgIpc) is 3.30. The van der Waals surface area contributed by atoms with E-state index in [0.29, 0.717) is 28.1 Å². The molecule has 0 saturated carbocycles. The van der Waals surface area contributed by atoms with E-state index in [-0.39, 0.29) is 6.42 Å². The van der Waals surface area contributed by atoms with Crippen LogP contribution >= 0.6 is 0 Å². The van der Waals surface area contributed by atoms with Crippen molar-refractivity contribution in [2.24, 2.45) is 0 Å². The van der Waals surface area contributed by atoms with Gasteiger partial charge in [-0.15, -0.1) is 0 Å². The number of amides is 4. The van der Waals surface area contributed by atoms with E-state index in [1.807, 2.05) is 19.1 Å². The van der Waals surface area contributed by atoms with Gasteiger partial charge in [0, 0.05) is 6.42 Å². The van der Waals surface area contributed by atoms with Gasteiger partial charge >= 0.3 is 12.2 Å². The molecule has 38 heavy (non-hydrogen) atoms. The summed E-state index contributed by atoms with van der Waals surface area (Å²) in [5.74, 6) is -1.14. The van der Waals surface area contributed by atoms with E-state index >= 15 is 0 Å². The molecule has 8 heteroatoms. The van der Waals surface area contributed by atoms with Crippen LogP contribution in [-0.4, -0.2) is 35.7 Å². The minimum absolute atomic E-state index is 0.181. The first-order valence-electron chi connectivity index (χ1n) is 12.4. The molecule has 194 valence electrons. The monoisotopic (exact) mass is 512 g/mol. The van der Waals surface area contributed by atoms with E-state index in [0.717, 1.165) is 9.80 Å². The minimum atomic E-state index is -1.48. The zero-order valence-corrected chi connectivity index (χ0v) is 21.6. The Morgan fingerprint density at radius 2 is 1.55 bits per heavy atom. The van der Waals surface area contributed by atoms with Gasteiger partial charge in [-0.05, 0) is 56.5 Å². The molecular formula is C30H28N2O6. The molecule has 0 aliphatic carbocycles. The van der Waals surface area contributed by atoms with E-state index < -0.39 is 41.1 Å². The number of ether oxygens (including phenoxy) is 2. The van der Waals surface area contributed by atoms with Crippen molar-refractivity contribution in [2.45, 2.75) is 51.2 Å². The standard InChI is InChI=1S/C30H28N2O6/c1-19-12-11-17-22-24(19)32(28(36)38-29(2,3)4)26(34)30(22,20-13-7-5-8-14-20)18-23-25(33)31(27(35)37-23)21-15-9-6-10-16-21/h5-17,23H,18H2,1-4H3/t23-,30-/m0/s1. The second-order valence-electron chi connectivity index (χ2n) is 10.4. The number of nitrogens with zero attached hydrogens (tertiary/aromatic N) is 2. The molecule has 8 nitrogen and oxygen atoms in total. The number of carbonyl (C=O) groups excluding carboxylic acids is 4. The lowest BCUT2D eigenvalue weighted by atomic mass is 9.71. The molecule has 0 radical (unpaired) electrons. The average molecular weight is 513 g/mol. The fraction of sp³-hybridized carbons (Fsp3) is 0.267. The van der Waals surface area contributed by atoms with Gasteiger partial charge in [0.25, 0.3) is 11.8 Å². The zero-order valence-electron chi connectivity index (χ0n) is 21.6. The van der Waals surface area contributed by atoms with Crippen LogP contribution in [0.3, 0.4) is 0 Å². The topological polar surface area (TPSA) is 93.2 Å². The quantitative estimate of drug-likeness (QED) is 0.458. The van der Waals surface area contributed by atoms with Crippen LogP contribution in [0.15, 0.2) is 78.9 Å². The molecule has 2 aliphatic rings. The molecule has 5 rings (SSSR count). The van der Waals surface area contributed by atoms with E-state index in [2.05, 4.69) is 0 Å². The summed E-state index contributed by atoms with van der Waals surface area (Å²) < 4.78 is 11.2. The molecular weight excluding hydrogens is 484 g/mol. The van der Waals surface area contributed by atoms with Gasteiger partial charge in [0.2, 0.25) is 0 Å². The van der Waals surface area contributed by atoms with Crippen molar-refractivity contribution < 1.29 is 28.7 Å². The van der Waals surface area contributed by atoms with E-state index in [1.54, 1.807) is 87.5 Å². The summed E-state index contributed by atoms with van der Waals surface area (Å²) in [5, 5.41) is 0. The highest BCUT2D eigenvalue weighted by atomic mass is 16.6. The molecule has 2 atom stereocenters. The number of cyclic esters (lactones) is 1. The molecule has 0 N–H and O–H groups in total. The maximum Gasteiger partial charge on any atom is 0.422 e. The van der Waals surface area contributed by atoms with E-state index in [9.17, 15) is 19.2 Å². The predicted molar refractivity (Wildman–Crippen MR) is 141 cm³/mol. The van der Waals surface area contributed by atoms with Crippen molar-refractivity contribution in [3.8, 4) is 0 Å². The van der Waals surface area contributed by atoms with Crippen LogP contribution in [0.1, 0.15) is 43.9 Å². The molecule has 1 fully saturated rings. The Morgan fingerprint density at radius 3 is 2.18 bits per heavy atom. The Balaban J connectivity index is 1.65. The van der Waals surface area contributed by atoms with Gasteiger partial charge in [0.05, 0.1) is 11.4 Å². The summed E-state index contributed by atoms with van der Waals surface area (Å²) in [6.07, 6.45) is -3.05. The first-order chi connectivity index (χ1) is 18.0. The highest BCUT2D eigenvalue weighted by molar-refractivity contribution is 6.24. The summed E-state index contributed by atoms with van der Waals surface area (Å²) in [7, 11) is 0. The Bertz CT molecular complexity index is 1430. The van der Waals surface area contributed by atoms with Crippen LogP contribution in [-0.2, 0) is 24.5 Å². The number of aryl methyl sites for hydroxylation is 1. The van der Waals surface area contributed by atoms with Crippen LogP contribution in [0.2, 0.25) is 0 Å². The van der Waals surface area contributed by atoms with Crippen molar-refractivity contribution in [3.63, 3.8) is 0 Å². The number of rotatable bonds is 4. The number of para-hydroxylation sites is 2. The first-order valence-corrected chi connectivity index (χ1v) is 12.4. The molecule has 1 saturated heterocycles. The maximum atomic E-state index is 14.5. The van der Waals surface area contributed by atoms with Crippen molar-refractivity contribution in [1.29, 1.82) is 0 Å². The molecule has 0 unspecified atom stereocenters. The molecule has 3 aromatic rings. The summed E-state index contributed by atoms with van der Waals surface area (Å²) in [5.41, 5.74) is 0.278. The minimum Gasteiger partial charge on any atom is -0.443 e. The SMILES string of the molecule is Cc1cccc2c1N(C(=O)OC(C)(C)C)C(=O)[C@@]2(C[C@@H]1OC(=O)N(c2ccccc2)C1=O)c1ccccc1. The van der Waals surface area contributed by atoms with Gasteiger partial charge in [-0.3, -0.25) is 9.59 Å². The van der Waals surface area contributed by atoms with Crippen LogP contribution in [0.25, 0.3) is 0 Å². The van der Waals surface area contributed by atoms with Crippen LogP contribution in [0, 0.1) is 6.92 Å². The van der Waals surface area contributed by atoms with Gasteiger partial charge in [-0.2, -0.15) is 0 Å². The van der Waals surface area contributed by atoms with Gasteiger partial charge in [-0.1, -0.05) is 66.7 Å². The van der Waals surface area contributed by atoms with Crippen LogP contribution in [0.5, 0.6) is 0 Å². The van der Waals surface area contributed by atoms with Crippen molar-refractivity contribution in [2.75, 3.05) is 9.80 Å². The second-order valence-corrected chi connectivity index (χ2v) is 10.4. The Labute approximate surface area is 220 Å². The number of carbonyl (C=O) groups is 4. The predicted octanol–water partition coefficient (Wildman–Crippen LogP) is 5.50. The van der Waals surface area contributed by atoms with E-state index in [1.165, 1.54) is 0 Å². The lowest BCUT2D eigenvalue weighted by Crippen LogP contribution is -2.48. The molecule has 0 aromatic heterocycles. The van der Waals surface area contributed by atoms with Crippen molar-refractivity contribution in [3.05, 3.63) is 95.6 Å². The molecule has 2 aliphatic heterocycles. The largest absolute Gasteiger partial charge is 0.443 e. The van der Waals surface area contributed by atoms with Crippen LogP contribution < -0.4 is 9.80 Å². The summed E-state index contributed by atoms with van der Waals surface area (Å²) >= 11 is 0. The fourth-order valence-corrected chi connectivity index (χ4v) is 5.18. The molecule has 0 bridgehead atoms. The highest BCUT2D eigenvalue weighted by Gasteiger charge is 2.59. The third-order valence-electron chi connectivity index (χ3n) is 6.76. The van der Waals surface area contributed by atoms with Gasteiger partial charge < -0.3 is 9.47 Å². The first kappa shape index (κ1) is 25.2. The van der Waals surface area contributed by atoms with Gasteiger partial charge in [0.1, 0.15) is 11.0 Å². The van der Waals surface area contributed by atoms with Crippen molar-refractivity contribution in [1.82, 2.24) is 0 Å². The third-order valence-corrected chi connectivity index (χ3v) is 6.76. The smallest absolute Gasteiger partial charge is 0.422 e. The van der Waals surface area contributed by atoms with E-state index in [4.69, 9.17) is 9.47 Å². The second kappa shape index (κ2) is 9.13. The number of hydrogen-bond donors (Lipinski definition) is 0. The summed E-state index contributed by atoms with van der Waals surface area (Å²) in [6, 6.07) is 22.8. The van der Waals surface area contributed by atoms with Crippen LogP contribution in [0.4, 0.5) is 21.0 Å². The van der Waals surface area contributed by atoms with Crippen molar-refractivity contribution >= 4 is 35.4 Å². The molecule has 0 spiro atoms. The zero-order chi connectivity index (χ0) is 27.2. The molecule has 4 amide bonds. The van der Waals surface area contributed by atoms with Gasteiger partial charge in [0.15, 0.2) is 6.10 Å². The number of benzene rings is 3. The lowest BCUT2D eigenvalue weighted by Gasteiger charge is -2.31. The highest BCUT2D eigenvalue weighted by Crippen LogP contribution is 2.51.